The zero-order valence-electron chi connectivity index (χ0n) is 17.0. The van der Waals surface area contributed by atoms with Crippen LogP contribution < -0.4 is 10.6 Å². The van der Waals surface area contributed by atoms with Crippen molar-refractivity contribution in [3.8, 4) is 0 Å². The van der Waals surface area contributed by atoms with Crippen LogP contribution in [0.3, 0.4) is 0 Å². The summed E-state index contributed by atoms with van der Waals surface area (Å²) < 4.78 is 85.3. The van der Waals surface area contributed by atoms with Crippen molar-refractivity contribution in [1.29, 1.82) is 0 Å². The number of anilines is 2. The number of nitrogen functional groups attached to an aromatic ring is 1. The molecule has 1 aromatic rings. The molecule has 64 valence electrons. The third kappa shape index (κ3) is 1.35. The van der Waals surface area contributed by atoms with Crippen molar-refractivity contribution in [2.24, 2.45) is 0 Å². The molecule has 0 aliphatic carbocycles. The Labute approximate surface area is 87.7 Å². The minimum absolute atomic E-state index is 0.0424. The van der Waals surface area contributed by atoms with Gasteiger partial charge in [-0.1, -0.05) is 0 Å². The van der Waals surface area contributed by atoms with E-state index in [2.05, 4.69) is 4.98 Å². The molecule has 0 unspecified atom stereocenters. The van der Waals surface area contributed by atoms with Crippen LogP contribution in [0.15, 0.2) is 18.3 Å². The second-order valence-corrected chi connectivity index (χ2v) is 2.02. The summed E-state index contributed by atoms with van der Waals surface area (Å²) in [7, 11) is 0. The monoisotopic (exact) mass is 174 g/mol. The number of rotatable bonds is 1. The van der Waals surface area contributed by atoms with Crippen molar-refractivity contribution >= 4 is 11.5 Å². The van der Waals surface area contributed by atoms with Crippen molar-refractivity contribution in [3.63, 3.8) is 0 Å². The van der Waals surface area contributed by atoms with Crippen LogP contribution in [0.25, 0.3) is 0 Å². The van der Waals surface area contributed by atoms with Crippen molar-refractivity contribution < 1.29 is 15.1 Å². The minimum atomic E-state index is -3.30. The van der Waals surface area contributed by atoms with Crippen molar-refractivity contribution in [1.82, 2.24) is 4.98 Å². The van der Waals surface area contributed by atoms with E-state index in [9.17, 15) is 0 Å². The first-order chi connectivity index (χ1) is 10.1. The molecule has 3 nitrogen and oxygen atoms in total. The van der Waals surface area contributed by atoms with Crippen molar-refractivity contribution in [2.75, 3.05) is 23.6 Å². The van der Waals surface area contributed by atoms with Crippen LogP contribution in [0.2, 0.25) is 0 Å². The first-order valence-electron chi connectivity index (χ1n) is 8.66. The molecule has 3 heteroatoms. The average molecular weight is 174 g/mol. The Morgan fingerprint density at radius 2 is 2.33 bits per heavy atom. The first-order valence-corrected chi connectivity index (χ1v) is 3.16. The highest BCUT2D eigenvalue weighted by Gasteiger charge is 2.11. The molecular formula is C9H13N3. The molecule has 1 aliphatic heterocycles. The quantitative estimate of drug-likeness (QED) is 0.697. The summed E-state index contributed by atoms with van der Waals surface area (Å²) in [6.45, 7) is -6.49. The van der Waals surface area contributed by atoms with Gasteiger partial charge in [0, 0.05) is 41.9 Å². The fraction of sp³-hybridized carbons (Fsp3) is 0.444. The zero-order valence-corrected chi connectivity index (χ0v) is 5.97. The van der Waals surface area contributed by atoms with Crippen LogP contribution in [-0.4, -0.2) is 18.0 Å². The fourth-order valence-electron chi connectivity index (χ4n) is 0.741. The van der Waals surface area contributed by atoms with Crippen molar-refractivity contribution in [2.45, 2.75) is 12.7 Å². The largest absolute Gasteiger partial charge is 0.384 e. The number of hydrogen-bond donors (Lipinski definition) is 1. The fourth-order valence-corrected chi connectivity index (χ4v) is 0.741. The molecule has 0 radical (unpaired) electrons. The lowest BCUT2D eigenvalue weighted by molar-refractivity contribution is 0.949. The predicted octanol–water partition coefficient (Wildman–Crippen LogP) is 1.26. The topological polar surface area (TPSA) is 42.1 Å². The van der Waals surface area contributed by atoms with Gasteiger partial charge in [0.15, 0.2) is 0 Å². The zero-order chi connectivity index (χ0) is 18.2. The van der Waals surface area contributed by atoms with Gasteiger partial charge in [-0.2, -0.15) is 0 Å². The highest BCUT2D eigenvalue weighted by molar-refractivity contribution is 5.52. The molecule has 0 atom stereocenters. The Balaban J connectivity index is 2.89. The lowest BCUT2D eigenvalue weighted by Crippen LogP contribution is -2.17. The first kappa shape index (κ1) is 1.97. The summed E-state index contributed by atoms with van der Waals surface area (Å²) in [5.41, 5.74) is 4.59. The molecule has 1 fully saturated rings. The number of pyridine rings is 1. The highest BCUT2D eigenvalue weighted by Crippen LogP contribution is 2.20. The second-order valence-electron chi connectivity index (χ2n) is 2.02. The van der Waals surface area contributed by atoms with Crippen LogP contribution in [0, 0.1) is 0 Å². The molecular weight excluding hydrogens is 150 g/mol. The van der Waals surface area contributed by atoms with Gasteiger partial charge >= 0.3 is 0 Å². The lowest BCUT2D eigenvalue weighted by Gasteiger charge is -2.16. The van der Waals surface area contributed by atoms with E-state index in [4.69, 9.17) is 20.8 Å². The van der Waals surface area contributed by atoms with Gasteiger partial charge in [0.2, 0.25) is 0 Å². The Morgan fingerprint density at radius 1 is 1.58 bits per heavy atom. The van der Waals surface area contributed by atoms with Gasteiger partial charge in [-0.3, -0.25) is 0 Å². The maximum Gasteiger partial charge on any atom is 0.125 e. The van der Waals surface area contributed by atoms with Gasteiger partial charge in [0.05, 0.1) is 4.11 Å². The Morgan fingerprint density at radius 3 is 3.08 bits per heavy atom. The van der Waals surface area contributed by atoms with E-state index in [0.29, 0.717) is 0 Å². The molecule has 0 aromatic carbocycles. The average Bonchev–Trinajstić information content (AvgIpc) is 2.45. The Kier molecular flexibility index (Phi) is 0.495. The standard InChI is InChI=1S/C9H13N3/c10-9-7-8(3-4-11-9)12-5-1-2-6-12/h3-4,7H,1-2,5-6H2,(H2,10,11)/i1D2,2D2,3D,4D,5D2,6D2,7D. The second kappa shape index (κ2) is 3.01. The third-order valence-corrected chi connectivity index (χ3v) is 1.22. The van der Waals surface area contributed by atoms with E-state index in [1.54, 1.807) is 0 Å². The van der Waals surface area contributed by atoms with Crippen LogP contribution in [0.4, 0.5) is 11.5 Å². The Hall–Kier alpha value is -1.25. The summed E-state index contributed by atoms with van der Waals surface area (Å²) in [5, 5.41) is 0. The molecule has 12 heavy (non-hydrogen) atoms. The minimum Gasteiger partial charge on any atom is -0.384 e. The maximum atomic E-state index is 7.88. The van der Waals surface area contributed by atoms with Crippen LogP contribution >= 0.6 is 0 Å². The van der Waals surface area contributed by atoms with E-state index in [1.807, 2.05) is 0 Å². The number of aromatic nitrogens is 1. The molecule has 0 spiro atoms. The molecule has 2 rings (SSSR count). The molecule has 0 amide bonds. The van der Waals surface area contributed by atoms with Gasteiger partial charge < -0.3 is 10.6 Å². The van der Waals surface area contributed by atoms with E-state index >= 15 is 0 Å². The van der Waals surface area contributed by atoms with Crippen LogP contribution in [0.5, 0.6) is 0 Å². The number of nitrogens with zero attached hydrogens (tertiary/aromatic N) is 2. The molecule has 1 saturated heterocycles. The molecule has 2 N–H and O–H groups in total. The molecule has 1 aromatic heterocycles. The van der Waals surface area contributed by atoms with Gasteiger partial charge in [-0.05, 0) is 18.8 Å². The number of nitrogens with two attached hydrogens (primary N) is 1. The van der Waals surface area contributed by atoms with Gasteiger partial charge in [-0.15, -0.1) is 0 Å². The maximum absolute atomic E-state index is 7.88. The number of hydrogen-bond acceptors (Lipinski definition) is 3. The van der Waals surface area contributed by atoms with Crippen molar-refractivity contribution in [3.05, 3.63) is 18.3 Å². The van der Waals surface area contributed by atoms with E-state index in [0.717, 1.165) is 0 Å². The van der Waals surface area contributed by atoms with E-state index in [-0.39, 0.29) is 4.90 Å². The molecule has 0 bridgehead atoms. The van der Waals surface area contributed by atoms with Gasteiger partial charge in [0.25, 0.3) is 0 Å². The molecule has 1 aliphatic rings. The summed E-state index contributed by atoms with van der Waals surface area (Å²) >= 11 is 0. The molecule has 0 saturated carbocycles. The smallest absolute Gasteiger partial charge is 0.125 e. The third-order valence-electron chi connectivity index (χ3n) is 1.22. The lowest BCUT2D eigenvalue weighted by atomic mass is 10.3. The Bertz CT molecular complexity index is 619. The summed E-state index contributed by atoms with van der Waals surface area (Å²) in [6.07, 6.45) is -7.36. The van der Waals surface area contributed by atoms with Gasteiger partial charge in [0.1, 0.15) is 5.82 Å². The summed E-state index contributed by atoms with van der Waals surface area (Å²) in [4.78, 5) is 3.43. The highest BCUT2D eigenvalue weighted by atomic mass is 15.1. The normalized spacial score (nSPS) is 47.0. The van der Waals surface area contributed by atoms with Gasteiger partial charge in [-0.25, -0.2) is 4.98 Å². The SMILES string of the molecule is [2H]c1nc(N)c([2H])c(N2C([2H])([2H])C([2H])([2H])C([2H])([2H])C2([2H])[2H])c1[2H]. The van der Waals surface area contributed by atoms with E-state index in [1.165, 1.54) is 0 Å². The van der Waals surface area contributed by atoms with Crippen LogP contribution in [-0.2, 0) is 0 Å². The van der Waals surface area contributed by atoms with Crippen LogP contribution in [0.1, 0.15) is 27.8 Å². The molecule has 2 heterocycles. The summed E-state index contributed by atoms with van der Waals surface area (Å²) in [5.74, 6) is -0.569. The predicted molar refractivity (Wildman–Crippen MR) is 50.1 cm³/mol. The summed E-state index contributed by atoms with van der Waals surface area (Å²) in [6, 6.07) is -1.61. The van der Waals surface area contributed by atoms with E-state index < -0.39 is 55.5 Å².